The molecule has 1 amide bonds. The first kappa shape index (κ1) is 22.4. The summed E-state index contributed by atoms with van der Waals surface area (Å²) in [7, 11) is -4.05. The molecule has 0 aromatic heterocycles. The van der Waals surface area contributed by atoms with Gasteiger partial charge in [-0.1, -0.05) is 22.0 Å². The van der Waals surface area contributed by atoms with Crippen LogP contribution in [0.5, 0.6) is 0 Å². The fraction of sp³-hybridized carbons (Fsp3) is 0.0500. The number of nitrogens with zero attached hydrogens (tertiary/aromatic N) is 1. The van der Waals surface area contributed by atoms with E-state index in [0.717, 1.165) is 12.1 Å². The van der Waals surface area contributed by atoms with Crippen LogP contribution >= 0.6 is 28.1 Å². The lowest BCUT2D eigenvalue weighted by atomic mass is 10.1. The number of allylic oxidation sites excluding steroid dienone is 2. The highest BCUT2D eigenvalue weighted by Crippen LogP contribution is 2.34. The maximum absolute atomic E-state index is 13.9. The lowest BCUT2D eigenvalue weighted by Gasteiger charge is -2.21. The molecule has 0 spiro atoms. The Morgan fingerprint density at radius 1 is 1.19 bits per heavy atom. The molecule has 2 aromatic carbocycles. The second-order valence-electron chi connectivity index (χ2n) is 6.65. The third kappa shape index (κ3) is 4.66. The monoisotopic (exact) mass is 540 g/mol. The molecular weight excluding hydrogens is 526 g/mol. The number of carbonyl (C=O) groups excluding carboxylic acids is 1. The summed E-state index contributed by atoms with van der Waals surface area (Å²) in [5, 5.41) is 2.53. The van der Waals surface area contributed by atoms with Crippen LogP contribution in [0, 0.1) is 11.6 Å². The van der Waals surface area contributed by atoms with E-state index < -0.39 is 27.6 Å². The Morgan fingerprint density at radius 3 is 2.78 bits per heavy atom. The number of anilines is 1. The molecule has 2 aliphatic rings. The fourth-order valence-electron chi connectivity index (χ4n) is 3.00. The van der Waals surface area contributed by atoms with Gasteiger partial charge in [0.1, 0.15) is 16.5 Å². The number of carbonyl (C=O) groups is 1. The Balaban J connectivity index is 1.57. The predicted octanol–water partition coefficient (Wildman–Crippen LogP) is 4.12. The van der Waals surface area contributed by atoms with Gasteiger partial charge in [-0.3, -0.25) is 13.8 Å². The summed E-state index contributed by atoms with van der Waals surface area (Å²) in [5.41, 5.74) is 0.614. The van der Waals surface area contributed by atoms with Crippen molar-refractivity contribution in [2.75, 3.05) is 4.72 Å². The number of benzene rings is 2. The molecule has 0 radical (unpaired) electrons. The van der Waals surface area contributed by atoms with E-state index in [4.69, 9.17) is 0 Å². The summed E-state index contributed by atoms with van der Waals surface area (Å²) in [5.74, 6) is -2.14. The van der Waals surface area contributed by atoms with E-state index in [-0.39, 0.29) is 28.3 Å². The third-order valence-electron chi connectivity index (χ3n) is 4.52. The molecule has 0 fully saturated rings. The first-order valence-corrected chi connectivity index (χ1v) is 12.1. The van der Waals surface area contributed by atoms with Crippen LogP contribution in [0.15, 0.2) is 76.0 Å². The molecule has 2 aliphatic heterocycles. The van der Waals surface area contributed by atoms with Crippen molar-refractivity contribution in [3.05, 3.63) is 98.8 Å². The van der Waals surface area contributed by atoms with Crippen LogP contribution < -0.4 is 14.8 Å². The molecule has 32 heavy (non-hydrogen) atoms. The average Bonchev–Trinajstić information content (AvgIpc) is 3.21. The van der Waals surface area contributed by atoms with Gasteiger partial charge in [-0.2, -0.15) is 0 Å². The van der Waals surface area contributed by atoms with Crippen molar-refractivity contribution < 1.29 is 22.0 Å². The minimum absolute atomic E-state index is 0.0252. The topological polar surface area (TPSA) is 90.5 Å². The maximum atomic E-state index is 13.9. The number of hydrogen-bond acceptors (Lipinski definition) is 6. The van der Waals surface area contributed by atoms with E-state index in [1.165, 1.54) is 36.4 Å². The molecule has 0 unspecified atom stereocenters. The normalized spacial score (nSPS) is 14.9. The summed E-state index contributed by atoms with van der Waals surface area (Å²) in [6.07, 6.45) is 6.32. The number of sulfonamides is 1. The van der Waals surface area contributed by atoms with E-state index >= 15 is 0 Å². The molecule has 0 saturated carbocycles. The number of hydrogen-bond donors (Lipinski definition) is 3. The van der Waals surface area contributed by atoms with Gasteiger partial charge in [0.25, 0.3) is 15.9 Å². The highest BCUT2D eigenvalue weighted by Gasteiger charge is 2.30. The van der Waals surface area contributed by atoms with Crippen LogP contribution in [0.25, 0.3) is 0 Å². The SMILES string of the molecule is O=C(NCc1ccc(F)cc1F)c1ccc(Br)cc1NS(=O)(=O)C1=CC=CN2SNC=C12. The van der Waals surface area contributed by atoms with E-state index in [9.17, 15) is 22.0 Å². The van der Waals surface area contributed by atoms with Crippen LogP contribution in [-0.2, 0) is 16.6 Å². The standard InChI is InChI=1S/C20H15BrF2N4O3S2/c21-13-4-6-15(20(28)24-10-12-3-5-14(22)9-16(12)23)17(8-13)26-32(29,30)19-2-1-7-27-18(19)11-25-31-27/h1-9,11,25-26H,10H2,(H,24,28). The van der Waals surface area contributed by atoms with Gasteiger partial charge in [0.05, 0.1) is 29.1 Å². The first-order valence-electron chi connectivity index (χ1n) is 9.10. The molecule has 2 aromatic rings. The van der Waals surface area contributed by atoms with Crippen molar-refractivity contribution in [2.24, 2.45) is 0 Å². The molecule has 12 heteroatoms. The summed E-state index contributed by atoms with van der Waals surface area (Å²) in [6, 6.07) is 7.51. The number of nitrogens with one attached hydrogen (secondary N) is 3. The summed E-state index contributed by atoms with van der Waals surface area (Å²) >= 11 is 4.49. The molecule has 2 heterocycles. The molecule has 0 saturated heterocycles. The molecule has 7 nitrogen and oxygen atoms in total. The lowest BCUT2D eigenvalue weighted by molar-refractivity contribution is 0.0951. The second kappa shape index (κ2) is 8.96. The Bertz CT molecular complexity index is 1300. The van der Waals surface area contributed by atoms with Gasteiger partial charge < -0.3 is 10.0 Å². The van der Waals surface area contributed by atoms with Crippen molar-refractivity contribution in [3.63, 3.8) is 0 Å². The number of amides is 1. The van der Waals surface area contributed by atoms with Crippen LogP contribution in [0.3, 0.4) is 0 Å². The Kier molecular flexibility index (Phi) is 6.26. The van der Waals surface area contributed by atoms with Crippen molar-refractivity contribution in [1.82, 2.24) is 14.3 Å². The second-order valence-corrected chi connectivity index (χ2v) is 10.0. The first-order chi connectivity index (χ1) is 15.2. The van der Waals surface area contributed by atoms with Gasteiger partial charge in [0.2, 0.25) is 0 Å². The van der Waals surface area contributed by atoms with Crippen LogP contribution in [-0.4, -0.2) is 18.6 Å². The highest BCUT2D eigenvalue weighted by atomic mass is 79.9. The van der Waals surface area contributed by atoms with Crippen LogP contribution in [0.2, 0.25) is 0 Å². The molecule has 0 atom stereocenters. The number of fused-ring (bicyclic) bond motifs is 1. The average molecular weight is 541 g/mol. The van der Waals surface area contributed by atoms with Gasteiger partial charge in [0, 0.05) is 35.0 Å². The lowest BCUT2D eigenvalue weighted by Crippen LogP contribution is -2.26. The minimum atomic E-state index is -4.05. The highest BCUT2D eigenvalue weighted by molar-refractivity contribution is 9.10. The van der Waals surface area contributed by atoms with Crippen molar-refractivity contribution in [1.29, 1.82) is 0 Å². The molecule has 0 aliphatic carbocycles. The van der Waals surface area contributed by atoms with E-state index in [2.05, 4.69) is 30.7 Å². The Morgan fingerprint density at radius 2 is 2.00 bits per heavy atom. The van der Waals surface area contributed by atoms with Crippen molar-refractivity contribution in [2.45, 2.75) is 6.54 Å². The molecule has 0 bridgehead atoms. The third-order valence-corrected chi connectivity index (χ3v) is 7.16. The quantitative estimate of drug-likeness (QED) is 0.477. The van der Waals surface area contributed by atoms with Gasteiger partial charge in [-0.25, -0.2) is 17.2 Å². The van der Waals surface area contributed by atoms with Gasteiger partial charge in [0.15, 0.2) is 0 Å². The van der Waals surface area contributed by atoms with E-state index in [0.29, 0.717) is 10.2 Å². The van der Waals surface area contributed by atoms with Crippen molar-refractivity contribution in [3.8, 4) is 0 Å². The van der Waals surface area contributed by atoms with Gasteiger partial charge in [-0.05, 0) is 36.4 Å². The Hall–Kier alpha value is -2.83. The van der Waals surface area contributed by atoms with Crippen LogP contribution in [0.4, 0.5) is 14.5 Å². The zero-order valence-corrected chi connectivity index (χ0v) is 19.3. The number of rotatable bonds is 6. The van der Waals surface area contributed by atoms with E-state index in [1.54, 1.807) is 28.8 Å². The molecule has 4 rings (SSSR count). The maximum Gasteiger partial charge on any atom is 0.264 e. The zero-order valence-electron chi connectivity index (χ0n) is 16.1. The van der Waals surface area contributed by atoms with Gasteiger partial charge in [-0.15, -0.1) is 0 Å². The smallest absolute Gasteiger partial charge is 0.264 e. The summed E-state index contributed by atoms with van der Waals surface area (Å²) in [4.78, 5) is 12.8. The predicted molar refractivity (Wildman–Crippen MR) is 122 cm³/mol. The minimum Gasteiger partial charge on any atom is -0.348 e. The van der Waals surface area contributed by atoms with Crippen molar-refractivity contribution >= 4 is 49.7 Å². The summed E-state index contributed by atoms with van der Waals surface area (Å²) in [6.45, 7) is -0.201. The molecule has 3 N–H and O–H groups in total. The Labute approximate surface area is 195 Å². The van der Waals surface area contributed by atoms with Crippen LogP contribution in [0.1, 0.15) is 15.9 Å². The number of halogens is 3. The molecular formula is C20H15BrF2N4O3S2. The summed E-state index contributed by atoms with van der Waals surface area (Å²) < 4.78 is 60.7. The van der Waals surface area contributed by atoms with E-state index in [1.807, 2.05) is 0 Å². The zero-order chi connectivity index (χ0) is 22.9. The van der Waals surface area contributed by atoms with Gasteiger partial charge >= 0.3 is 0 Å². The fourth-order valence-corrected chi connectivity index (χ4v) is 5.33. The largest absolute Gasteiger partial charge is 0.348 e. The molecule has 166 valence electrons.